The van der Waals surface area contributed by atoms with Crippen molar-refractivity contribution >= 4 is 11.9 Å². The molecule has 0 amide bonds. The predicted octanol–water partition coefficient (Wildman–Crippen LogP) is 2.80. The zero-order valence-electron chi connectivity index (χ0n) is 15.6. The second-order valence-corrected chi connectivity index (χ2v) is 6.69. The van der Waals surface area contributed by atoms with Crippen LogP contribution in [0, 0.1) is 0 Å². The van der Waals surface area contributed by atoms with Crippen LogP contribution >= 0.6 is 0 Å². The van der Waals surface area contributed by atoms with Gasteiger partial charge in [0.15, 0.2) is 5.96 Å². The molecule has 0 spiro atoms. The quantitative estimate of drug-likeness (QED) is 0.384. The summed E-state index contributed by atoms with van der Waals surface area (Å²) >= 11 is 0. The van der Waals surface area contributed by atoms with Crippen molar-refractivity contribution in [3.05, 3.63) is 53.9 Å². The van der Waals surface area contributed by atoms with Crippen LogP contribution in [0.5, 0.6) is 0 Å². The molecule has 1 aromatic carbocycles. The van der Waals surface area contributed by atoms with Crippen LogP contribution in [0.2, 0.25) is 0 Å². The zero-order chi connectivity index (χ0) is 20.0. The van der Waals surface area contributed by atoms with Gasteiger partial charge in [0, 0.05) is 38.3 Å². The lowest BCUT2D eigenvalue weighted by Gasteiger charge is -2.19. The third-order valence-corrected chi connectivity index (χ3v) is 4.70. The van der Waals surface area contributed by atoms with Crippen molar-refractivity contribution in [1.82, 2.24) is 20.6 Å². The fourth-order valence-electron chi connectivity index (χ4n) is 2.94. The highest BCUT2D eigenvalue weighted by molar-refractivity contribution is 5.79. The minimum absolute atomic E-state index is 0.0550. The maximum Gasteiger partial charge on any atom is 0.433 e. The summed E-state index contributed by atoms with van der Waals surface area (Å²) in [7, 11) is 1.68. The Balaban J connectivity index is 1.43. The number of benzene rings is 1. The van der Waals surface area contributed by atoms with Gasteiger partial charge in [0.25, 0.3) is 0 Å². The Morgan fingerprint density at radius 1 is 1.11 bits per heavy atom. The molecule has 3 N–H and O–H groups in total. The normalized spacial score (nSPS) is 15.8. The van der Waals surface area contributed by atoms with E-state index >= 15 is 0 Å². The number of hydrogen-bond acceptors (Lipinski definition) is 4. The van der Waals surface area contributed by atoms with Crippen LogP contribution in [0.3, 0.4) is 0 Å². The van der Waals surface area contributed by atoms with Gasteiger partial charge in [-0.15, -0.1) is 0 Å². The van der Waals surface area contributed by atoms with Crippen molar-refractivity contribution in [2.24, 2.45) is 4.99 Å². The standard InChI is InChI=1S/C19H23F3N6/c1-23-16(27-13-18(8-9-18)14-5-3-2-4-6-14)25-11-12-26-17-24-10-7-15(28-17)19(20,21)22/h2-7,10H,8-9,11-13H2,1H3,(H2,23,25,27)(H,24,26,28). The lowest BCUT2D eigenvalue weighted by molar-refractivity contribution is -0.141. The van der Waals surface area contributed by atoms with Gasteiger partial charge in [0.1, 0.15) is 5.69 Å². The van der Waals surface area contributed by atoms with Crippen molar-refractivity contribution in [2.45, 2.75) is 24.4 Å². The summed E-state index contributed by atoms with van der Waals surface area (Å²) in [6.07, 6.45) is -1.13. The Labute approximate surface area is 161 Å². The molecule has 2 aromatic rings. The molecule has 9 heteroatoms. The first-order valence-corrected chi connectivity index (χ1v) is 9.07. The van der Waals surface area contributed by atoms with Gasteiger partial charge in [-0.1, -0.05) is 30.3 Å². The number of guanidine groups is 1. The average molecular weight is 392 g/mol. The molecule has 0 unspecified atom stereocenters. The van der Waals surface area contributed by atoms with Gasteiger partial charge >= 0.3 is 6.18 Å². The second kappa shape index (κ2) is 8.45. The first-order valence-electron chi connectivity index (χ1n) is 9.07. The van der Waals surface area contributed by atoms with Gasteiger partial charge in [-0.25, -0.2) is 9.97 Å². The van der Waals surface area contributed by atoms with Gasteiger partial charge in [-0.2, -0.15) is 13.2 Å². The van der Waals surface area contributed by atoms with Crippen LogP contribution in [0.25, 0.3) is 0 Å². The SMILES string of the molecule is CN=C(NCCNc1nccc(C(F)(F)F)n1)NCC1(c2ccccc2)CC1. The Kier molecular flexibility index (Phi) is 6.01. The molecule has 150 valence electrons. The van der Waals surface area contributed by atoms with Gasteiger partial charge < -0.3 is 16.0 Å². The number of halogens is 3. The predicted molar refractivity (Wildman–Crippen MR) is 102 cm³/mol. The van der Waals surface area contributed by atoms with E-state index in [4.69, 9.17) is 0 Å². The van der Waals surface area contributed by atoms with Gasteiger partial charge in [0.05, 0.1) is 0 Å². The van der Waals surface area contributed by atoms with Crippen molar-refractivity contribution < 1.29 is 13.2 Å². The Hall–Kier alpha value is -2.84. The molecule has 0 bridgehead atoms. The van der Waals surface area contributed by atoms with Crippen LogP contribution in [0.15, 0.2) is 47.6 Å². The summed E-state index contributed by atoms with van der Waals surface area (Å²) < 4.78 is 38.0. The van der Waals surface area contributed by atoms with Crippen LogP contribution in [0.4, 0.5) is 19.1 Å². The molecule has 0 saturated heterocycles. The van der Waals surface area contributed by atoms with E-state index in [-0.39, 0.29) is 11.4 Å². The third kappa shape index (κ3) is 5.11. The zero-order valence-corrected chi connectivity index (χ0v) is 15.6. The van der Waals surface area contributed by atoms with E-state index in [1.54, 1.807) is 7.05 Å². The molecule has 3 rings (SSSR count). The summed E-state index contributed by atoms with van der Waals surface area (Å²) in [4.78, 5) is 11.5. The van der Waals surface area contributed by atoms with Crippen molar-refractivity contribution in [2.75, 3.05) is 32.0 Å². The fraction of sp³-hybridized carbons (Fsp3) is 0.421. The number of hydrogen-bond donors (Lipinski definition) is 3. The second-order valence-electron chi connectivity index (χ2n) is 6.69. The molecule has 1 heterocycles. The maximum absolute atomic E-state index is 12.7. The molecule has 1 aliphatic carbocycles. The molecule has 0 aliphatic heterocycles. The molecular weight excluding hydrogens is 369 g/mol. The highest BCUT2D eigenvalue weighted by Gasteiger charge is 2.44. The number of aromatic nitrogens is 2. The minimum atomic E-state index is -4.49. The van der Waals surface area contributed by atoms with Gasteiger partial charge in [-0.05, 0) is 24.5 Å². The number of aliphatic imine (C=N–C) groups is 1. The lowest BCUT2D eigenvalue weighted by Crippen LogP contribution is -2.42. The molecule has 0 radical (unpaired) electrons. The molecule has 1 saturated carbocycles. The molecule has 6 nitrogen and oxygen atoms in total. The topological polar surface area (TPSA) is 74.2 Å². The summed E-state index contributed by atoms with van der Waals surface area (Å²) in [5.41, 5.74) is 0.510. The van der Waals surface area contributed by atoms with Crippen LogP contribution in [-0.2, 0) is 11.6 Å². The highest BCUT2D eigenvalue weighted by Crippen LogP contribution is 2.47. The van der Waals surface area contributed by atoms with E-state index in [2.05, 4.69) is 43.0 Å². The fourth-order valence-corrected chi connectivity index (χ4v) is 2.94. The number of nitrogens with one attached hydrogen (secondary N) is 3. The van der Waals surface area contributed by atoms with Gasteiger partial charge in [-0.3, -0.25) is 4.99 Å². The van der Waals surface area contributed by atoms with Crippen molar-refractivity contribution in [3.8, 4) is 0 Å². The molecular formula is C19H23F3N6. The number of nitrogens with zero attached hydrogens (tertiary/aromatic N) is 3. The van der Waals surface area contributed by atoms with Crippen molar-refractivity contribution in [1.29, 1.82) is 0 Å². The number of alkyl halides is 3. The van der Waals surface area contributed by atoms with Crippen LogP contribution in [0.1, 0.15) is 24.1 Å². The minimum Gasteiger partial charge on any atom is -0.356 e. The number of anilines is 1. The molecule has 0 atom stereocenters. The van der Waals surface area contributed by atoms with E-state index < -0.39 is 11.9 Å². The monoisotopic (exact) mass is 392 g/mol. The summed E-state index contributed by atoms with van der Waals surface area (Å²) in [6.45, 7) is 1.59. The maximum atomic E-state index is 12.7. The van der Waals surface area contributed by atoms with Crippen LogP contribution < -0.4 is 16.0 Å². The van der Waals surface area contributed by atoms with E-state index in [1.807, 2.05) is 18.2 Å². The molecule has 28 heavy (non-hydrogen) atoms. The third-order valence-electron chi connectivity index (χ3n) is 4.70. The Morgan fingerprint density at radius 3 is 2.50 bits per heavy atom. The lowest BCUT2D eigenvalue weighted by atomic mass is 9.96. The Bertz CT molecular complexity index is 803. The molecule has 1 fully saturated rings. The van der Waals surface area contributed by atoms with Crippen LogP contribution in [-0.4, -0.2) is 42.6 Å². The van der Waals surface area contributed by atoms with Crippen molar-refractivity contribution in [3.63, 3.8) is 0 Å². The van der Waals surface area contributed by atoms with E-state index in [0.29, 0.717) is 19.0 Å². The first kappa shape index (κ1) is 19.9. The average Bonchev–Trinajstić information content (AvgIpc) is 3.49. The molecule has 1 aromatic heterocycles. The summed E-state index contributed by atoms with van der Waals surface area (Å²) in [6, 6.07) is 11.2. The highest BCUT2D eigenvalue weighted by atomic mass is 19.4. The smallest absolute Gasteiger partial charge is 0.356 e. The van der Waals surface area contributed by atoms with E-state index in [0.717, 1.165) is 31.6 Å². The Morgan fingerprint density at radius 2 is 1.86 bits per heavy atom. The summed E-state index contributed by atoms with van der Waals surface area (Å²) in [5, 5.41) is 9.24. The summed E-state index contributed by atoms with van der Waals surface area (Å²) in [5.74, 6) is 0.592. The van der Waals surface area contributed by atoms with E-state index in [9.17, 15) is 13.2 Å². The first-order chi connectivity index (χ1) is 13.4. The van der Waals surface area contributed by atoms with Gasteiger partial charge in [0.2, 0.25) is 5.95 Å². The largest absolute Gasteiger partial charge is 0.433 e. The van der Waals surface area contributed by atoms with E-state index in [1.165, 1.54) is 5.56 Å². The molecule has 1 aliphatic rings. The number of rotatable bonds is 7.